The van der Waals surface area contributed by atoms with Crippen LogP contribution in [-0.2, 0) is 25.4 Å². The lowest BCUT2D eigenvalue weighted by molar-refractivity contribution is 0.00967. The Bertz CT molecular complexity index is 2870. The molecule has 0 fully saturated rings. The monoisotopic (exact) mass is 927 g/mol. The highest BCUT2D eigenvalue weighted by Crippen LogP contribution is 2.42. The molecule has 10 rings (SSSR count). The van der Waals surface area contributed by atoms with Gasteiger partial charge in [-0.2, -0.15) is 0 Å². The van der Waals surface area contributed by atoms with Gasteiger partial charge in [0.1, 0.15) is 22.7 Å². The normalized spacial score (nSPS) is 13.7. The standard InChI is InChI=1S/C65H53NO5/c1-48-46-50(61-62(67)59-34-20-21-35-60(59)63(61)68)47-58(71-48)41-38-49-36-39-57(40-37-49)66(42-44-69-64(51-22-8-2-9-23-51,52-24-10-3-11-25-52)53-26-12-4-13-27-53)43-45-70-65(54-28-14-5-15-29-54,55-30-16-6-17-31-55)56-32-18-7-19-33-56/h2-41,46-47H,42-45H2,1H3/b41-38+. The van der Waals surface area contributed by atoms with Crippen molar-refractivity contribution in [3.63, 3.8) is 0 Å². The number of allylic oxidation sites excluding steroid dienone is 6. The molecule has 6 nitrogen and oxygen atoms in total. The number of fused-ring (bicyclic) bond motifs is 1. The number of Topliss-reactive ketones (excluding diaryl/α,β-unsaturated/α-hetero) is 2. The van der Waals surface area contributed by atoms with Gasteiger partial charge in [0, 0.05) is 29.9 Å². The van der Waals surface area contributed by atoms with Gasteiger partial charge in [-0.05, 0) is 81.8 Å². The summed E-state index contributed by atoms with van der Waals surface area (Å²) in [5.41, 5.74) is 8.00. The second-order valence-electron chi connectivity index (χ2n) is 17.6. The number of rotatable bonds is 17. The number of anilines is 1. The number of carbonyl (C=O) groups is 2. The van der Waals surface area contributed by atoms with Crippen LogP contribution in [0.15, 0.2) is 271 Å². The van der Waals surface area contributed by atoms with E-state index in [1.54, 1.807) is 36.4 Å². The average Bonchev–Trinajstić information content (AvgIpc) is 3.69. The van der Waals surface area contributed by atoms with Crippen LogP contribution in [0.4, 0.5) is 5.69 Å². The molecule has 1 heterocycles. The van der Waals surface area contributed by atoms with Gasteiger partial charge < -0.3 is 19.1 Å². The predicted octanol–water partition coefficient (Wildman–Crippen LogP) is 13.7. The molecule has 0 atom stereocenters. The molecule has 0 radical (unpaired) electrons. The first kappa shape index (κ1) is 46.3. The van der Waals surface area contributed by atoms with E-state index in [0.717, 1.165) is 44.6 Å². The highest BCUT2D eigenvalue weighted by atomic mass is 16.5. The van der Waals surface area contributed by atoms with Gasteiger partial charge in [0.25, 0.3) is 0 Å². The first-order chi connectivity index (χ1) is 34.9. The van der Waals surface area contributed by atoms with E-state index in [9.17, 15) is 9.59 Å². The second-order valence-corrected chi connectivity index (χ2v) is 17.6. The number of carbonyl (C=O) groups excluding carboxylic acids is 2. The van der Waals surface area contributed by atoms with Gasteiger partial charge in [-0.25, -0.2) is 0 Å². The Balaban J connectivity index is 0.970. The fraction of sp³-hybridized carbons (Fsp3) is 0.108. The smallest absolute Gasteiger partial charge is 0.198 e. The molecule has 0 unspecified atom stereocenters. The first-order valence-corrected chi connectivity index (χ1v) is 24.1. The molecule has 8 aromatic carbocycles. The third kappa shape index (κ3) is 9.51. The zero-order valence-corrected chi connectivity index (χ0v) is 39.6. The summed E-state index contributed by atoms with van der Waals surface area (Å²) in [4.78, 5) is 29.1. The van der Waals surface area contributed by atoms with Crippen molar-refractivity contribution in [1.82, 2.24) is 0 Å². The minimum Gasteiger partial charge on any atom is -0.462 e. The van der Waals surface area contributed by atoms with Gasteiger partial charge in [-0.1, -0.05) is 224 Å². The topological polar surface area (TPSA) is 65.1 Å². The summed E-state index contributed by atoms with van der Waals surface area (Å²) in [6.45, 7) is 3.68. The van der Waals surface area contributed by atoms with Crippen molar-refractivity contribution >= 4 is 23.3 Å². The number of hydrogen-bond acceptors (Lipinski definition) is 6. The van der Waals surface area contributed by atoms with Crippen molar-refractivity contribution in [2.75, 3.05) is 31.2 Å². The van der Waals surface area contributed by atoms with Crippen molar-refractivity contribution in [1.29, 1.82) is 0 Å². The van der Waals surface area contributed by atoms with Crippen LogP contribution in [0.25, 0.3) is 6.08 Å². The van der Waals surface area contributed by atoms with E-state index >= 15 is 0 Å². The Morgan fingerprint density at radius 2 is 0.789 bits per heavy atom. The van der Waals surface area contributed by atoms with Crippen molar-refractivity contribution in [3.8, 4) is 0 Å². The van der Waals surface area contributed by atoms with Crippen LogP contribution < -0.4 is 4.90 Å². The zero-order valence-electron chi connectivity index (χ0n) is 39.6. The zero-order chi connectivity index (χ0) is 48.5. The van der Waals surface area contributed by atoms with Crippen molar-refractivity contribution < 1.29 is 23.8 Å². The molecule has 71 heavy (non-hydrogen) atoms. The van der Waals surface area contributed by atoms with E-state index in [0.29, 0.717) is 54.5 Å². The summed E-state index contributed by atoms with van der Waals surface area (Å²) < 4.78 is 20.8. The quantitative estimate of drug-likeness (QED) is 0.0515. The van der Waals surface area contributed by atoms with E-state index in [-0.39, 0.29) is 17.1 Å². The Kier molecular flexibility index (Phi) is 13.7. The summed E-state index contributed by atoms with van der Waals surface area (Å²) >= 11 is 0. The molecule has 0 N–H and O–H groups in total. The summed E-state index contributed by atoms with van der Waals surface area (Å²) in [5.74, 6) is 0.590. The highest BCUT2D eigenvalue weighted by molar-refractivity contribution is 6.40. The van der Waals surface area contributed by atoms with Gasteiger partial charge in [0.05, 0.1) is 18.8 Å². The Morgan fingerprint density at radius 3 is 1.15 bits per heavy atom. The van der Waals surface area contributed by atoms with Crippen LogP contribution in [0.5, 0.6) is 0 Å². The molecule has 0 saturated heterocycles. The Hall–Kier alpha value is -8.42. The van der Waals surface area contributed by atoms with E-state index in [4.69, 9.17) is 14.2 Å². The molecule has 0 amide bonds. The predicted molar refractivity (Wildman–Crippen MR) is 283 cm³/mol. The van der Waals surface area contributed by atoms with Crippen molar-refractivity contribution in [2.24, 2.45) is 0 Å². The largest absolute Gasteiger partial charge is 0.462 e. The summed E-state index contributed by atoms with van der Waals surface area (Å²) in [7, 11) is 0. The van der Waals surface area contributed by atoms with E-state index in [2.05, 4.69) is 175 Å². The van der Waals surface area contributed by atoms with Gasteiger partial charge in [0.15, 0.2) is 11.6 Å². The number of ether oxygens (including phenoxy) is 3. The SMILES string of the molecule is CC1=CC(=C2C(=O)c3ccccc3C2=O)C=C(/C=C/c2ccc(N(CCOC(c3ccccc3)(c3ccccc3)c3ccccc3)CCOC(c3ccccc3)(c3ccccc3)c3ccccc3)cc2)O1. The van der Waals surface area contributed by atoms with Gasteiger partial charge in [-0.15, -0.1) is 0 Å². The molecular formula is C65H53NO5. The molecule has 1 aliphatic carbocycles. The van der Waals surface area contributed by atoms with Crippen LogP contribution in [0, 0.1) is 0 Å². The lowest BCUT2D eigenvalue weighted by atomic mass is 9.80. The molecule has 6 heteroatoms. The number of nitrogens with zero attached hydrogens (tertiary/aromatic N) is 1. The van der Waals surface area contributed by atoms with E-state index in [1.807, 2.05) is 55.5 Å². The molecule has 1 aliphatic heterocycles. The van der Waals surface area contributed by atoms with Crippen LogP contribution >= 0.6 is 0 Å². The fourth-order valence-electron chi connectivity index (χ4n) is 9.90. The minimum absolute atomic E-state index is 0.166. The van der Waals surface area contributed by atoms with Crippen LogP contribution in [0.2, 0.25) is 0 Å². The molecule has 8 aromatic rings. The molecule has 348 valence electrons. The summed E-state index contributed by atoms with van der Waals surface area (Å²) in [6.07, 6.45) is 7.35. The lowest BCUT2D eigenvalue weighted by Gasteiger charge is -2.38. The Labute approximate surface area is 416 Å². The molecule has 0 bridgehead atoms. The maximum atomic E-state index is 13.4. The molecule has 0 spiro atoms. The minimum atomic E-state index is -0.884. The molecular weight excluding hydrogens is 875 g/mol. The van der Waals surface area contributed by atoms with Gasteiger partial charge in [0.2, 0.25) is 0 Å². The Morgan fingerprint density at radius 1 is 0.437 bits per heavy atom. The molecule has 2 aliphatic rings. The summed E-state index contributed by atoms with van der Waals surface area (Å²) in [6, 6.07) is 78.2. The second kappa shape index (κ2) is 21.1. The molecule has 0 saturated carbocycles. The van der Waals surface area contributed by atoms with E-state index < -0.39 is 11.2 Å². The third-order valence-electron chi connectivity index (χ3n) is 13.2. The number of ketones is 2. The first-order valence-electron chi connectivity index (χ1n) is 24.1. The maximum Gasteiger partial charge on any atom is 0.198 e. The van der Waals surface area contributed by atoms with Crippen molar-refractivity contribution in [2.45, 2.75) is 18.1 Å². The number of hydrogen-bond donors (Lipinski definition) is 0. The van der Waals surface area contributed by atoms with Crippen LogP contribution in [0.3, 0.4) is 0 Å². The fourth-order valence-corrected chi connectivity index (χ4v) is 9.90. The van der Waals surface area contributed by atoms with Gasteiger partial charge in [-0.3, -0.25) is 9.59 Å². The lowest BCUT2D eigenvalue weighted by Crippen LogP contribution is -2.39. The highest BCUT2D eigenvalue weighted by Gasteiger charge is 2.40. The van der Waals surface area contributed by atoms with Crippen molar-refractivity contribution in [3.05, 3.63) is 321 Å². The molecule has 0 aromatic heterocycles. The van der Waals surface area contributed by atoms with Crippen LogP contribution in [0.1, 0.15) is 66.6 Å². The van der Waals surface area contributed by atoms with Gasteiger partial charge >= 0.3 is 0 Å². The van der Waals surface area contributed by atoms with Crippen LogP contribution in [-0.4, -0.2) is 37.9 Å². The average molecular weight is 928 g/mol. The third-order valence-corrected chi connectivity index (χ3v) is 13.2. The number of benzene rings is 8. The summed E-state index contributed by atoms with van der Waals surface area (Å²) in [5, 5.41) is 0. The van der Waals surface area contributed by atoms with E-state index in [1.165, 1.54) is 0 Å². The maximum absolute atomic E-state index is 13.4.